The van der Waals surface area contributed by atoms with Crippen molar-refractivity contribution < 1.29 is 8.42 Å². The van der Waals surface area contributed by atoms with Crippen LogP contribution in [-0.4, -0.2) is 20.2 Å². The van der Waals surface area contributed by atoms with Crippen molar-refractivity contribution in [3.05, 3.63) is 35.9 Å². The summed E-state index contributed by atoms with van der Waals surface area (Å²) in [7, 11) is -3.27. The Morgan fingerprint density at radius 1 is 1.16 bits per heavy atom. The lowest BCUT2D eigenvalue weighted by atomic mass is 10.0. The second-order valence-electron chi connectivity index (χ2n) is 5.12. The Hall–Kier alpha value is -0.910. The van der Waals surface area contributed by atoms with Crippen LogP contribution in [0.2, 0.25) is 0 Å². The maximum atomic E-state index is 12.4. The van der Waals surface area contributed by atoms with E-state index in [-0.39, 0.29) is 17.8 Å². The van der Waals surface area contributed by atoms with E-state index in [9.17, 15) is 8.42 Å². The van der Waals surface area contributed by atoms with E-state index in [0.717, 1.165) is 37.7 Å². The van der Waals surface area contributed by atoms with Crippen LogP contribution in [-0.2, 0) is 10.0 Å². The first kappa shape index (κ1) is 14.5. The van der Waals surface area contributed by atoms with Crippen LogP contribution in [0.1, 0.15) is 43.7 Å². The highest BCUT2D eigenvalue weighted by Gasteiger charge is 2.29. The molecule has 1 aliphatic rings. The molecule has 1 aliphatic carbocycles. The minimum Gasteiger partial charge on any atom is -0.329 e. The first-order valence-corrected chi connectivity index (χ1v) is 8.44. The van der Waals surface area contributed by atoms with Crippen LogP contribution in [0.25, 0.3) is 0 Å². The number of rotatable bonds is 5. The van der Waals surface area contributed by atoms with Gasteiger partial charge >= 0.3 is 0 Å². The summed E-state index contributed by atoms with van der Waals surface area (Å²) in [6.45, 7) is 0.274. The summed E-state index contributed by atoms with van der Waals surface area (Å²) in [6, 6.07) is 9.18. The molecule has 0 bridgehead atoms. The molecule has 5 heteroatoms. The molecule has 4 nitrogen and oxygen atoms in total. The molecule has 0 spiro atoms. The zero-order valence-corrected chi connectivity index (χ0v) is 11.9. The van der Waals surface area contributed by atoms with Crippen LogP contribution >= 0.6 is 0 Å². The molecule has 1 atom stereocenters. The van der Waals surface area contributed by atoms with Crippen LogP contribution in [0.15, 0.2) is 30.3 Å². The van der Waals surface area contributed by atoms with E-state index in [1.165, 1.54) is 0 Å². The van der Waals surface area contributed by atoms with Crippen molar-refractivity contribution in [2.45, 2.75) is 43.4 Å². The van der Waals surface area contributed by atoms with E-state index in [1.54, 1.807) is 0 Å². The van der Waals surface area contributed by atoms with E-state index in [0.29, 0.717) is 0 Å². The van der Waals surface area contributed by atoms with Gasteiger partial charge in [0.1, 0.15) is 0 Å². The molecule has 1 saturated carbocycles. The quantitative estimate of drug-likeness (QED) is 0.867. The molecule has 1 aromatic carbocycles. The zero-order chi connectivity index (χ0) is 13.7. The normalized spacial score (nSPS) is 19.2. The topological polar surface area (TPSA) is 72.2 Å². The summed E-state index contributed by atoms with van der Waals surface area (Å²) >= 11 is 0. The van der Waals surface area contributed by atoms with E-state index >= 15 is 0 Å². The molecule has 0 aromatic heterocycles. The summed E-state index contributed by atoms with van der Waals surface area (Å²) in [5.74, 6) is 0. The minimum atomic E-state index is -3.27. The van der Waals surface area contributed by atoms with Crippen LogP contribution in [0, 0.1) is 0 Å². The van der Waals surface area contributed by atoms with Gasteiger partial charge in [0.05, 0.1) is 11.3 Å². The number of nitrogens with one attached hydrogen (secondary N) is 1. The third-order valence-electron chi connectivity index (χ3n) is 3.74. The summed E-state index contributed by atoms with van der Waals surface area (Å²) < 4.78 is 27.5. The predicted octanol–water partition coefficient (Wildman–Crippen LogP) is 1.94. The van der Waals surface area contributed by atoms with Gasteiger partial charge in [-0.2, -0.15) is 0 Å². The predicted molar refractivity (Wildman–Crippen MR) is 77.2 cm³/mol. The van der Waals surface area contributed by atoms with Crippen molar-refractivity contribution in [3.8, 4) is 0 Å². The van der Waals surface area contributed by atoms with E-state index in [1.807, 2.05) is 30.3 Å². The first-order valence-electron chi connectivity index (χ1n) is 6.89. The number of hydrogen-bond donors (Lipinski definition) is 2. The Morgan fingerprint density at radius 3 is 2.37 bits per heavy atom. The lowest BCUT2D eigenvalue weighted by molar-refractivity contribution is 0.471. The van der Waals surface area contributed by atoms with Crippen molar-refractivity contribution in [1.82, 2.24) is 4.72 Å². The number of sulfonamides is 1. The van der Waals surface area contributed by atoms with Crippen LogP contribution in [0.3, 0.4) is 0 Å². The Bertz CT molecular complexity index is 481. The number of benzene rings is 1. The molecule has 0 amide bonds. The summed E-state index contributed by atoms with van der Waals surface area (Å²) in [6.07, 6.45) is 4.68. The van der Waals surface area contributed by atoms with Gasteiger partial charge in [0.2, 0.25) is 10.0 Å². The van der Waals surface area contributed by atoms with Crippen molar-refractivity contribution in [1.29, 1.82) is 0 Å². The molecule has 1 unspecified atom stereocenters. The standard InChI is InChI=1S/C14H22N2O2S/c15-11-14(12-7-3-1-4-8-12)16-19(17,18)13-9-5-2-6-10-13/h1,3-4,7-8,13-14,16H,2,5-6,9-11,15H2. The van der Waals surface area contributed by atoms with Crippen molar-refractivity contribution in [3.63, 3.8) is 0 Å². The molecule has 2 rings (SSSR count). The third kappa shape index (κ3) is 3.78. The summed E-state index contributed by atoms with van der Waals surface area (Å²) in [5.41, 5.74) is 6.64. The van der Waals surface area contributed by atoms with Crippen molar-refractivity contribution >= 4 is 10.0 Å². The van der Waals surface area contributed by atoms with Crippen LogP contribution in [0.4, 0.5) is 0 Å². The molecule has 1 aromatic rings. The Kier molecular flexibility index (Phi) is 4.96. The molecular formula is C14H22N2O2S. The van der Waals surface area contributed by atoms with Crippen molar-refractivity contribution in [2.24, 2.45) is 5.73 Å². The summed E-state index contributed by atoms with van der Waals surface area (Å²) in [4.78, 5) is 0. The maximum absolute atomic E-state index is 12.4. The van der Waals surface area contributed by atoms with Crippen LogP contribution < -0.4 is 10.5 Å². The molecule has 106 valence electrons. The van der Waals surface area contributed by atoms with Gasteiger partial charge in [-0.3, -0.25) is 0 Å². The fourth-order valence-electron chi connectivity index (χ4n) is 2.61. The van der Waals surface area contributed by atoms with Crippen LogP contribution in [0.5, 0.6) is 0 Å². The SMILES string of the molecule is NCC(NS(=O)(=O)C1CCCCC1)c1ccccc1. The molecule has 0 radical (unpaired) electrons. The lowest BCUT2D eigenvalue weighted by Crippen LogP contribution is -2.40. The molecule has 19 heavy (non-hydrogen) atoms. The second-order valence-corrected chi connectivity index (χ2v) is 7.11. The van der Waals surface area contributed by atoms with Gasteiger partial charge in [0, 0.05) is 6.54 Å². The van der Waals surface area contributed by atoms with Gasteiger partial charge in [-0.25, -0.2) is 13.1 Å². The molecular weight excluding hydrogens is 260 g/mol. The largest absolute Gasteiger partial charge is 0.329 e. The van der Waals surface area contributed by atoms with E-state index in [2.05, 4.69) is 4.72 Å². The van der Waals surface area contributed by atoms with Gasteiger partial charge in [-0.05, 0) is 18.4 Å². The van der Waals surface area contributed by atoms with Gasteiger partial charge < -0.3 is 5.73 Å². The van der Waals surface area contributed by atoms with Gasteiger partial charge in [0.15, 0.2) is 0 Å². The average Bonchev–Trinajstić information content (AvgIpc) is 2.47. The molecule has 0 aliphatic heterocycles. The molecule has 1 fully saturated rings. The lowest BCUT2D eigenvalue weighted by Gasteiger charge is -2.25. The highest BCUT2D eigenvalue weighted by molar-refractivity contribution is 7.90. The smallest absolute Gasteiger partial charge is 0.215 e. The second kappa shape index (κ2) is 6.50. The molecule has 3 N–H and O–H groups in total. The van der Waals surface area contributed by atoms with E-state index < -0.39 is 10.0 Å². The Balaban J connectivity index is 2.09. The summed E-state index contributed by atoms with van der Waals surface area (Å²) in [5, 5.41) is -0.251. The Morgan fingerprint density at radius 2 is 1.79 bits per heavy atom. The fraction of sp³-hybridized carbons (Fsp3) is 0.571. The highest BCUT2D eigenvalue weighted by atomic mass is 32.2. The zero-order valence-electron chi connectivity index (χ0n) is 11.1. The monoisotopic (exact) mass is 282 g/mol. The highest BCUT2D eigenvalue weighted by Crippen LogP contribution is 2.24. The van der Waals surface area contributed by atoms with Gasteiger partial charge in [-0.1, -0.05) is 49.6 Å². The minimum absolute atomic E-state index is 0.251. The Labute approximate surface area is 115 Å². The maximum Gasteiger partial charge on any atom is 0.215 e. The number of nitrogens with two attached hydrogens (primary N) is 1. The van der Waals surface area contributed by atoms with Gasteiger partial charge in [-0.15, -0.1) is 0 Å². The van der Waals surface area contributed by atoms with Gasteiger partial charge in [0.25, 0.3) is 0 Å². The molecule has 0 heterocycles. The molecule has 0 saturated heterocycles. The third-order valence-corrected chi connectivity index (χ3v) is 5.70. The first-order chi connectivity index (χ1) is 9.13. The number of hydrogen-bond acceptors (Lipinski definition) is 3. The average molecular weight is 282 g/mol. The van der Waals surface area contributed by atoms with Crippen molar-refractivity contribution in [2.75, 3.05) is 6.54 Å². The fourth-order valence-corrected chi connectivity index (χ4v) is 4.38. The van der Waals surface area contributed by atoms with E-state index in [4.69, 9.17) is 5.73 Å².